The summed E-state index contributed by atoms with van der Waals surface area (Å²) in [7, 11) is 0. The minimum absolute atomic E-state index is 0. The molecule has 0 atom stereocenters. The zero-order valence-corrected chi connectivity index (χ0v) is 15.2. The molecular formula is C17H17N3NaO2. The third kappa shape index (κ3) is 5.41. The Morgan fingerprint density at radius 3 is 2.35 bits per heavy atom. The number of phenolic OH excluding ortho intramolecular Hbond substituents is 1. The second kappa shape index (κ2) is 10.1. The number of aliphatic hydroxyl groups is 1. The zero-order valence-electron chi connectivity index (χ0n) is 13.2. The molecule has 0 aliphatic rings. The maximum absolute atomic E-state index is 9.91. The van der Waals surface area contributed by atoms with E-state index in [1.165, 1.54) is 0 Å². The van der Waals surface area contributed by atoms with Gasteiger partial charge in [0, 0.05) is 47.7 Å². The van der Waals surface area contributed by atoms with Crippen molar-refractivity contribution in [2.75, 3.05) is 6.61 Å². The van der Waals surface area contributed by atoms with E-state index in [1.807, 2.05) is 42.5 Å². The molecule has 2 aromatic carbocycles. The normalized spacial score (nSPS) is 10.0. The molecule has 0 saturated carbocycles. The Bertz CT molecular complexity index is 764. The fraction of sp³-hybridized carbons (Fsp3) is 0.118. The molecular weight excluding hydrogens is 301 g/mol. The molecule has 3 rings (SSSR count). The first-order chi connectivity index (χ1) is 10.8. The quantitative estimate of drug-likeness (QED) is 0.554. The molecule has 0 bridgehead atoms. The second-order valence-corrected chi connectivity index (χ2v) is 4.36. The van der Waals surface area contributed by atoms with Gasteiger partial charge in [0.15, 0.2) is 5.82 Å². The summed E-state index contributed by atoms with van der Waals surface area (Å²) in [6, 6.07) is 16.6. The molecule has 5 nitrogen and oxygen atoms in total. The van der Waals surface area contributed by atoms with E-state index in [0.29, 0.717) is 11.5 Å². The van der Waals surface area contributed by atoms with Gasteiger partial charge in [-0.1, -0.05) is 36.4 Å². The number of aromatic hydroxyl groups is 1. The number of pyridine rings is 1. The standard InChI is InChI=1S/C15H11N3O.C2H6O.Na/c19-13-9-8-11-5-1-2-6-12(11)15(13)18-17-14-7-3-4-10-16-14;1-2-3;/h1-10,19H;3H,2H2,1H3;. The van der Waals surface area contributed by atoms with Crippen molar-refractivity contribution in [3.63, 3.8) is 0 Å². The van der Waals surface area contributed by atoms with Crippen molar-refractivity contribution < 1.29 is 10.2 Å². The topological polar surface area (TPSA) is 78.1 Å². The summed E-state index contributed by atoms with van der Waals surface area (Å²) in [6.07, 6.45) is 1.65. The molecule has 0 spiro atoms. The average Bonchev–Trinajstić information content (AvgIpc) is 2.56. The van der Waals surface area contributed by atoms with E-state index in [1.54, 1.807) is 25.3 Å². The molecule has 0 aliphatic heterocycles. The maximum Gasteiger partial charge on any atom is 0.174 e. The summed E-state index contributed by atoms with van der Waals surface area (Å²) in [5.74, 6) is 0.619. The Morgan fingerprint density at radius 2 is 1.65 bits per heavy atom. The van der Waals surface area contributed by atoms with Crippen LogP contribution in [0.15, 0.2) is 71.0 Å². The summed E-state index contributed by atoms with van der Waals surface area (Å²) < 4.78 is 0. The van der Waals surface area contributed by atoms with Gasteiger partial charge in [-0.3, -0.25) is 0 Å². The number of hydrogen-bond donors (Lipinski definition) is 2. The third-order valence-electron chi connectivity index (χ3n) is 2.78. The van der Waals surface area contributed by atoms with Gasteiger partial charge in [-0.2, -0.15) is 0 Å². The molecule has 113 valence electrons. The monoisotopic (exact) mass is 318 g/mol. The molecule has 1 radical (unpaired) electrons. The van der Waals surface area contributed by atoms with Crippen LogP contribution in [0.2, 0.25) is 0 Å². The summed E-state index contributed by atoms with van der Waals surface area (Å²) in [5, 5.41) is 27.5. The van der Waals surface area contributed by atoms with Crippen molar-refractivity contribution in [1.29, 1.82) is 0 Å². The molecule has 6 heteroatoms. The predicted octanol–water partition coefficient (Wildman–Crippen LogP) is 3.97. The van der Waals surface area contributed by atoms with Crippen LogP contribution in [0.1, 0.15) is 6.92 Å². The number of aliphatic hydroxyl groups excluding tert-OH is 1. The molecule has 0 saturated heterocycles. The first kappa shape index (κ1) is 19.3. The number of nitrogens with zero attached hydrogens (tertiary/aromatic N) is 3. The fourth-order valence-corrected chi connectivity index (χ4v) is 1.86. The van der Waals surface area contributed by atoms with Crippen molar-refractivity contribution in [3.8, 4) is 5.75 Å². The van der Waals surface area contributed by atoms with Crippen LogP contribution >= 0.6 is 0 Å². The number of aromatic nitrogens is 1. The molecule has 0 unspecified atom stereocenters. The van der Waals surface area contributed by atoms with E-state index in [-0.39, 0.29) is 41.9 Å². The predicted molar refractivity (Wildman–Crippen MR) is 92.5 cm³/mol. The van der Waals surface area contributed by atoms with Crippen LogP contribution in [0.3, 0.4) is 0 Å². The summed E-state index contributed by atoms with van der Waals surface area (Å²) in [4.78, 5) is 4.06. The number of rotatable bonds is 2. The first-order valence-corrected chi connectivity index (χ1v) is 6.90. The first-order valence-electron chi connectivity index (χ1n) is 6.90. The Kier molecular flexibility index (Phi) is 8.43. The van der Waals surface area contributed by atoms with Gasteiger partial charge in [0.2, 0.25) is 0 Å². The van der Waals surface area contributed by atoms with Crippen molar-refractivity contribution in [2.24, 2.45) is 10.2 Å². The van der Waals surface area contributed by atoms with E-state index in [4.69, 9.17) is 5.11 Å². The fourth-order valence-electron chi connectivity index (χ4n) is 1.86. The van der Waals surface area contributed by atoms with Gasteiger partial charge >= 0.3 is 0 Å². The third-order valence-corrected chi connectivity index (χ3v) is 2.78. The van der Waals surface area contributed by atoms with Gasteiger partial charge in [0.25, 0.3) is 0 Å². The van der Waals surface area contributed by atoms with E-state index >= 15 is 0 Å². The van der Waals surface area contributed by atoms with E-state index in [0.717, 1.165) is 10.8 Å². The van der Waals surface area contributed by atoms with Crippen LogP contribution in [0.25, 0.3) is 10.8 Å². The Labute approximate surface area is 157 Å². The number of hydrogen-bond acceptors (Lipinski definition) is 5. The van der Waals surface area contributed by atoms with Gasteiger partial charge in [0.05, 0.1) is 0 Å². The van der Waals surface area contributed by atoms with Crippen LogP contribution in [-0.2, 0) is 0 Å². The molecule has 3 aromatic rings. The number of fused-ring (bicyclic) bond motifs is 1. The van der Waals surface area contributed by atoms with Gasteiger partial charge in [-0.25, -0.2) is 4.98 Å². The molecule has 0 aliphatic carbocycles. The average molecular weight is 318 g/mol. The minimum Gasteiger partial charge on any atom is -0.506 e. The molecule has 1 heterocycles. The SMILES string of the molecule is CCO.Oc1ccc2ccccc2c1N=Nc1ccccn1.[Na]. The van der Waals surface area contributed by atoms with Gasteiger partial charge in [0.1, 0.15) is 11.4 Å². The molecule has 0 fully saturated rings. The van der Waals surface area contributed by atoms with Crippen molar-refractivity contribution in [3.05, 3.63) is 60.8 Å². The van der Waals surface area contributed by atoms with Crippen LogP contribution in [0.5, 0.6) is 5.75 Å². The number of azo groups is 1. The van der Waals surface area contributed by atoms with E-state index in [9.17, 15) is 5.11 Å². The van der Waals surface area contributed by atoms with E-state index < -0.39 is 0 Å². The molecule has 0 amide bonds. The Balaban J connectivity index is 0.000000615. The largest absolute Gasteiger partial charge is 0.506 e. The van der Waals surface area contributed by atoms with Gasteiger partial charge in [-0.15, -0.1) is 10.2 Å². The molecule has 2 N–H and O–H groups in total. The zero-order chi connectivity index (χ0) is 15.8. The van der Waals surface area contributed by atoms with Crippen LogP contribution in [0.4, 0.5) is 11.5 Å². The maximum atomic E-state index is 9.91. The summed E-state index contributed by atoms with van der Waals surface area (Å²) in [5.41, 5.74) is 0.462. The van der Waals surface area contributed by atoms with Crippen LogP contribution in [-0.4, -0.2) is 51.4 Å². The van der Waals surface area contributed by atoms with Crippen LogP contribution in [0, 0.1) is 0 Å². The summed E-state index contributed by atoms with van der Waals surface area (Å²) in [6.45, 7) is 1.93. The molecule has 1 aromatic heterocycles. The Hall–Kier alpha value is -1.79. The summed E-state index contributed by atoms with van der Waals surface area (Å²) >= 11 is 0. The number of benzene rings is 2. The minimum atomic E-state index is 0. The molecule has 23 heavy (non-hydrogen) atoms. The van der Waals surface area contributed by atoms with Gasteiger partial charge in [-0.05, 0) is 30.5 Å². The Morgan fingerprint density at radius 1 is 0.957 bits per heavy atom. The smallest absolute Gasteiger partial charge is 0.174 e. The second-order valence-electron chi connectivity index (χ2n) is 4.36. The number of phenols is 1. The van der Waals surface area contributed by atoms with Gasteiger partial charge < -0.3 is 10.2 Å². The van der Waals surface area contributed by atoms with Crippen molar-refractivity contribution >= 4 is 51.8 Å². The van der Waals surface area contributed by atoms with Crippen LogP contribution < -0.4 is 0 Å². The van der Waals surface area contributed by atoms with Crippen molar-refractivity contribution in [1.82, 2.24) is 4.98 Å². The van der Waals surface area contributed by atoms with E-state index in [2.05, 4.69) is 15.2 Å². The van der Waals surface area contributed by atoms with Crippen molar-refractivity contribution in [2.45, 2.75) is 6.92 Å².